The third kappa shape index (κ3) is 4.55. The van der Waals surface area contributed by atoms with E-state index in [2.05, 4.69) is 10.3 Å². The first-order valence-corrected chi connectivity index (χ1v) is 10.9. The van der Waals surface area contributed by atoms with Crippen molar-refractivity contribution in [1.29, 1.82) is 0 Å². The van der Waals surface area contributed by atoms with E-state index < -0.39 is 23.6 Å². The lowest BCUT2D eigenvalue weighted by Gasteiger charge is -2.24. The van der Waals surface area contributed by atoms with Crippen LogP contribution in [0.4, 0.5) is 24.7 Å². The summed E-state index contributed by atoms with van der Waals surface area (Å²) in [5, 5.41) is 3.31. The number of halogens is 3. The van der Waals surface area contributed by atoms with Crippen molar-refractivity contribution in [1.82, 2.24) is 4.98 Å². The number of primary amides is 1. The van der Waals surface area contributed by atoms with Crippen molar-refractivity contribution in [2.45, 2.75) is 32.1 Å². The number of thiophene rings is 1. The fraction of sp³-hybridized carbons (Fsp3) is 0.318. The molecule has 0 radical (unpaired) electrons. The van der Waals surface area contributed by atoms with Gasteiger partial charge in [-0.1, -0.05) is 0 Å². The van der Waals surface area contributed by atoms with Crippen LogP contribution in [0, 0.1) is 12.7 Å². The summed E-state index contributed by atoms with van der Waals surface area (Å²) in [4.78, 5) is 31.8. The molecule has 0 unspecified atom stereocenters. The molecule has 0 bridgehead atoms. The number of fused-ring (bicyclic) bond motifs is 1. The maximum absolute atomic E-state index is 13.9. The number of carbonyl (C=O) groups is 2. The van der Waals surface area contributed by atoms with E-state index in [0.717, 1.165) is 11.3 Å². The molecule has 1 aromatic carbocycles. The molecular weight excluding hydrogens is 441 g/mol. The van der Waals surface area contributed by atoms with Crippen molar-refractivity contribution in [2.75, 3.05) is 23.3 Å². The topological polar surface area (TPSA) is 88.3 Å². The molecule has 10 heteroatoms. The van der Waals surface area contributed by atoms with E-state index in [1.807, 2.05) is 0 Å². The first-order valence-electron chi connectivity index (χ1n) is 10.1. The van der Waals surface area contributed by atoms with E-state index in [0.29, 0.717) is 32.9 Å². The first-order chi connectivity index (χ1) is 15.1. The van der Waals surface area contributed by atoms with Crippen LogP contribution < -0.4 is 16.0 Å². The molecule has 1 aliphatic rings. The number of nitrogens with zero attached hydrogens (tertiary/aromatic N) is 2. The maximum Gasteiger partial charge on any atom is 0.259 e. The number of aromatic nitrogens is 1. The summed E-state index contributed by atoms with van der Waals surface area (Å²) in [6.07, 6.45) is -0.359. The molecule has 1 aliphatic heterocycles. The van der Waals surface area contributed by atoms with Crippen LogP contribution >= 0.6 is 11.3 Å². The molecule has 3 heterocycles. The van der Waals surface area contributed by atoms with Crippen LogP contribution in [0.3, 0.4) is 0 Å². The third-order valence-electron chi connectivity index (χ3n) is 5.43. The van der Waals surface area contributed by atoms with Gasteiger partial charge in [0.2, 0.25) is 5.92 Å². The van der Waals surface area contributed by atoms with Crippen LogP contribution in [0.2, 0.25) is 0 Å². The quantitative estimate of drug-likeness (QED) is 0.587. The molecule has 1 fully saturated rings. The summed E-state index contributed by atoms with van der Waals surface area (Å²) in [5.74, 6) is -4.14. The van der Waals surface area contributed by atoms with Crippen molar-refractivity contribution < 1.29 is 22.8 Å². The molecule has 4 rings (SSSR count). The predicted molar refractivity (Wildman–Crippen MR) is 118 cm³/mol. The van der Waals surface area contributed by atoms with Crippen molar-refractivity contribution in [2.24, 2.45) is 5.73 Å². The fourth-order valence-electron chi connectivity index (χ4n) is 3.73. The van der Waals surface area contributed by atoms with Gasteiger partial charge in [-0.05, 0) is 37.6 Å². The molecule has 1 saturated heterocycles. The smallest absolute Gasteiger partial charge is 0.259 e. The van der Waals surface area contributed by atoms with Crippen molar-refractivity contribution in [3.63, 3.8) is 0 Å². The van der Waals surface area contributed by atoms with Crippen LogP contribution in [0.25, 0.3) is 10.9 Å². The molecule has 0 spiro atoms. The predicted octanol–water partition coefficient (Wildman–Crippen LogP) is 4.72. The van der Waals surface area contributed by atoms with Gasteiger partial charge in [0, 0.05) is 42.3 Å². The zero-order valence-electron chi connectivity index (χ0n) is 17.3. The second-order valence-electron chi connectivity index (χ2n) is 7.79. The van der Waals surface area contributed by atoms with Gasteiger partial charge in [0.25, 0.3) is 11.8 Å². The van der Waals surface area contributed by atoms with Crippen molar-refractivity contribution >= 4 is 45.6 Å². The van der Waals surface area contributed by atoms with Crippen molar-refractivity contribution in [3.8, 4) is 0 Å². The normalized spacial score (nSPS) is 16.1. The highest BCUT2D eigenvalue weighted by molar-refractivity contribution is 7.14. The number of amides is 2. The highest BCUT2D eigenvalue weighted by atomic mass is 32.1. The summed E-state index contributed by atoms with van der Waals surface area (Å²) in [6, 6.07) is 7.09. The Morgan fingerprint density at radius 1 is 1.19 bits per heavy atom. The van der Waals surface area contributed by atoms with Gasteiger partial charge in [0.15, 0.2) is 0 Å². The highest BCUT2D eigenvalue weighted by Crippen LogP contribution is 2.33. The summed E-state index contributed by atoms with van der Waals surface area (Å²) in [6.45, 7) is 2.06. The molecular formula is C22H21F3N4O2S. The van der Waals surface area contributed by atoms with Gasteiger partial charge < -0.3 is 16.0 Å². The van der Waals surface area contributed by atoms with Crippen LogP contribution in [0.1, 0.15) is 44.2 Å². The number of benzene rings is 1. The lowest BCUT2D eigenvalue weighted by molar-refractivity contribution is -0.0102. The second-order valence-corrected chi connectivity index (χ2v) is 9.05. The van der Waals surface area contributed by atoms with E-state index in [1.54, 1.807) is 17.9 Å². The number of alkyl halides is 2. The monoisotopic (exact) mass is 462 g/mol. The van der Waals surface area contributed by atoms with Gasteiger partial charge in [0.05, 0.1) is 21.6 Å². The van der Waals surface area contributed by atoms with Crippen LogP contribution in [-0.2, 0) is 0 Å². The summed E-state index contributed by atoms with van der Waals surface area (Å²) < 4.78 is 41.6. The minimum absolute atomic E-state index is 0.0183. The number of aryl methyl sites for hydroxylation is 1. The maximum atomic E-state index is 13.9. The lowest BCUT2D eigenvalue weighted by Crippen LogP contribution is -2.29. The minimum atomic E-state index is -2.78. The van der Waals surface area contributed by atoms with E-state index in [1.165, 1.54) is 24.3 Å². The minimum Gasteiger partial charge on any atom is -0.365 e. The second kappa shape index (κ2) is 8.42. The first kappa shape index (κ1) is 22.1. The summed E-state index contributed by atoms with van der Waals surface area (Å²) in [5.41, 5.74) is 6.26. The zero-order valence-corrected chi connectivity index (χ0v) is 18.1. The average molecular weight is 462 g/mol. The Morgan fingerprint density at radius 3 is 2.69 bits per heavy atom. The molecule has 3 aromatic rings. The van der Waals surface area contributed by atoms with Crippen molar-refractivity contribution in [3.05, 3.63) is 51.5 Å². The SMILES string of the molecule is Cc1sc(C(N)=O)cc1NC(=O)c1cc2ccc(F)cc2nc1N1CCCC(F)(F)CC1. The van der Waals surface area contributed by atoms with Gasteiger partial charge in [-0.15, -0.1) is 11.3 Å². The van der Waals surface area contributed by atoms with Crippen LogP contribution in [0.5, 0.6) is 0 Å². The number of pyridine rings is 1. The number of hydrogen-bond acceptors (Lipinski definition) is 5. The number of anilines is 2. The molecule has 168 valence electrons. The van der Waals surface area contributed by atoms with Crippen LogP contribution in [0.15, 0.2) is 30.3 Å². The molecule has 2 aromatic heterocycles. The summed E-state index contributed by atoms with van der Waals surface area (Å²) in [7, 11) is 0. The molecule has 0 saturated carbocycles. The number of rotatable bonds is 4. The highest BCUT2D eigenvalue weighted by Gasteiger charge is 2.33. The lowest BCUT2D eigenvalue weighted by atomic mass is 10.1. The summed E-state index contributed by atoms with van der Waals surface area (Å²) >= 11 is 1.16. The van der Waals surface area contributed by atoms with E-state index in [4.69, 9.17) is 5.73 Å². The molecule has 0 aliphatic carbocycles. The number of nitrogens with one attached hydrogen (secondary N) is 1. The van der Waals surface area contributed by atoms with Gasteiger partial charge in [0.1, 0.15) is 11.6 Å². The Labute approximate surface area is 186 Å². The Kier molecular flexibility index (Phi) is 5.81. The van der Waals surface area contributed by atoms with Gasteiger partial charge in [-0.3, -0.25) is 9.59 Å². The Hall–Kier alpha value is -3.14. The largest absolute Gasteiger partial charge is 0.365 e. The molecule has 2 amide bonds. The Morgan fingerprint density at radius 2 is 1.97 bits per heavy atom. The molecule has 0 atom stereocenters. The molecule has 32 heavy (non-hydrogen) atoms. The van der Waals surface area contributed by atoms with Gasteiger partial charge >= 0.3 is 0 Å². The van der Waals surface area contributed by atoms with E-state index in [9.17, 15) is 22.8 Å². The molecule has 3 N–H and O–H groups in total. The van der Waals surface area contributed by atoms with E-state index >= 15 is 0 Å². The molecule has 6 nitrogen and oxygen atoms in total. The Balaban J connectivity index is 1.75. The fourth-order valence-corrected chi connectivity index (χ4v) is 4.56. The average Bonchev–Trinajstić information content (AvgIpc) is 2.99. The van der Waals surface area contributed by atoms with Gasteiger partial charge in [-0.2, -0.15) is 0 Å². The Bertz CT molecular complexity index is 1210. The zero-order chi connectivity index (χ0) is 23.0. The third-order valence-corrected chi connectivity index (χ3v) is 6.50. The number of carbonyl (C=O) groups excluding carboxylic acids is 2. The number of nitrogens with two attached hydrogens (primary N) is 1. The standard InChI is InChI=1S/C22H21F3N4O2S/c1-12-16(11-18(32-12)19(26)30)28-21(31)15-9-13-3-4-14(23)10-17(13)27-20(15)29-7-2-5-22(24,25)6-8-29/h3-4,9-11H,2,5-8H2,1H3,(H2,26,30)(H,28,31). The van der Waals surface area contributed by atoms with Gasteiger partial charge in [-0.25, -0.2) is 18.2 Å². The number of hydrogen-bond donors (Lipinski definition) is 2. The van der Waals surface area contributed by atoms with Crippen LogP contribution in [-0.4, -0.2) is 35.8 Å². The van der Waals surface area contributed by atoms with E-state index in [-0.39, 0.29) is 37.2 Å².